The second-order valence-electron chi connectivity index (χ2n) is 5.16. The van der Waals surface area contributed by atoms with Gasteiger partial charge in [0.1, 0.15) is 18.8 Å². The molecule has 9 heteroatoms. The number of hydrogen-bond acceptors (Lipinski definition) is 7. The number of carbonyl (C=O) groups is 1. The average molecular weight is 345 g/mol. The molecule has 9 nitrogen and oxygen atoms in total. The Morgan fingerprint density at radius 2 is 2.04 bits per heavy atom. The molecule has 1 N–H and O–H groups in total. The molecule has 1 amide bonds. The van der Waals surface area contributed by atoms with Crippen molar-refractivity contribution in [3.05, 3.63) is 51.7 Å². The van der Waals surface area contributed by atoms with Crippen LogP contribution in [-0.2, 0) is 6.54 Å². The van der Waals surface area contributed by atoms with E-state index in [2.05, 4.69) is 10.3 Å². The number of nitrogens with zero attached hydrogens (tertiary/aromatic N) is 2. The van der Waals surface area contributed by atoms with Crippen molar-refractivity contribution in [3.8, 4) is 17.4 Å². The zero-order valence-electron chi connectivity index (χ0n) is 13.4. The Bertz CT molecular complexity index is 824. The van der Waals surface area contributed by atoms with Crippen molar-refractivity contribution in [3.63, 3.8) is 0 Å². The molecule has 0 saturated carbocycles. The van der Waals surface area contributed by atoms with Crippen molar-refractivity contribution in [2.75, 3.05) is 20.3 Å². The fourth-order valence-electron chi connectivity index (χ4n) is 2.36. The van der Waals surface area contributed by atoms with Crippen molar-refractivity contribution in [2.45, 2.75) is 6.54 Å². The molecule has 0 atom stereocenters. The van der Waals surface area contributed by atoms with Crippen LogP contribution in [0.25, 0.3) is 0 Å². The monoisotopic (exact) mass is 345 g/mol. The van der Waals surface area contributed by atoms with Crippen molar-refractivity contribution < 1.29 is 23.9 Å². The number of rotatable bonds is 5. The molecule has 3 rings (SSSR count). The van der Waals surface area contributed by atoms with Crippen LogP contribution in [0, 0.1) is 10.1 Å². The van der Waals surface area contributed by atoms with Crippen LogP contribution in [-0.4, -0.2) is 36.1 Å². The van der Waals surface area contributed by atoms with Crippen LogP contribution >= 0.6 is 0 Å². The van der Waals surface area contributed by atoms with Gasteiger partial charge in [0.15, 0.2) is 11.5 Å². The lowest BCUT2D eigenvalue weighted by Gasteiger charge is -2.18. The van der Waals surface area contributed by atoms with E-state index >= 15 is 0 Å². The van der Waals surface area contributed by atoms with Gasteiger partial charge < -0.3 is 19.5 Å². The summed E-state index contributed by atoms with van der Waals surface area (Å²) in [6.07, 6.45) is 1.55. The quantitative estimate of drug-likeness (QED) is 0.648. The third-order valence-electron chi connectivity index (χ3n) is 3.56. The standard InChI is InChI=1S/C16H15N3O6/c1-23-15-6-10(2-3-17-15)9-18-16(20)11-7-13-14(25-5-4-24-13)8-12(11)19(21)22/h2-3,6-8H,4-5,9H2,1H3,(H,18,20). The molecule has 0 bridgehead atoms. The normalized spacial score (nSPS) is 12.4. The van der Waals surface area contributed by atoms with Gasteiger partial charge in [-0.25, -0.2) is 4.98 Å². The Morgan fingerprint density at radius 3 is 2.72 bits per heavy atom. The van der Waals surface area contributed by atoms with E-state index in [0.717, 1.165) is 5.56 Å². The van der Waals surface area contributed by atoms with Gasteiger partial charge in [-0.2, -0.15) is 0 Å². The van der Waals surface area contributed by atoms with Gasteiger partial charge in [0.25, 0.3) is 11.6 Å². The molecule has 1 aliphatic heterocycles. The SMILES string of the molecule is COc1cc(CNC(=O)c2cc3c(cc2[N+](=O)[O-])OCCO3)ccn1. The number of carbonyl (C=O) groups excluding carboxylic acids is 1. The predicted molar refractivity (Wildman–Crippen MR) is 86.0 cm³/mol. The molecule has 1 aromatic heterocycles. The summed E-state index contributed by atoms with van der Waals surface area (Å²) in [6, 6.07) is 5.91. The second-order valence-corrected chi connectivity index (χ2v) is 5.16. The van der Waals surface area contributed by atoms with E-state index in [9.17, 15) is 14.9 Å². The number of nitrogens with one attached hydrogen (secondary N) is 1. The van der Waals surface area contributed by atoms with E-state index in [1.54, 1.807) is 18.3 Å². The van der Waals surface area contributed by atoms with Gasteiger partial charge in [-0.1, -0.05) is 0 Å². The Labute approximate surface area is 142 Å². The first-order valence-corrected chi connectivity index (χ1v) is 7.43. The zero-order valence-corrected chi connectivity index (χ0v) is 13.4. The lowest BCUT2D eigenvalue weighted by molar-refractivity contribution is -0.385. The molecular weight excluding hydrogens is 330 g/mol. The minimum Gasteiger partial charge on any atom is -0.486 e. The number of amides is 1. The van der Waals surface area contributed by atoms with Crippen LogP contribution in [0.15, 0.2) is 30.5 Å². The summed E-state index contributed by atoms with van der Waals surface area (Å²) >= 11 is 0. The molecule has 1 aliphatic rings. The maximum atomic E-state index is 12.4. The van der Waals surface area contributed by atoms with Crippen molar-refractivity contribution in [2.24, 2.45) is 0 Å². The van der Waals surface area contributed by atoms with Crippen LogP contribution in [0.4, 0.5) is 5.69 Å². The fraction of sp³-hybridized carbons (Fsp3) is 0.250. The molecule has 0 fully saturated rings. The average Bonchev–Trinajstić information content (AvgIpc) is 2.65. The molecule has 2 aromatic rings. The lowest BCUT2D eigenvalue weighted by Crippen LogP contribution is -2.24. The lowest BCUT2D eigenvalue weighted by atomic mass is 10.1. The molecule has 130 valence electrons. The second kappa shape index (κ2) is 7.04. The first kappa shape index (κ1) is 16.5. The minimum atomic E-state index is -0.622. The van der Waals surface area contributed by atoms with Gasteiger partial charge in [0.2, 0.25) is 5.88 Å². The number of pyridine rings is 1. The molecule has 25 heavy (non-hydrogen) atoms. The number of benzene rings is 1. The molecule has 1 aromatic carbocycles. The summed E-state index contributed by atoms with van der Waals surface area (Å²) in [6.45, 7) is 0.797. The Morgan fingerprint density at radius 1 is 1.32 bits per heavy atom. The Balaban J connectivity index is 1.82. The zero-order chi connectivity index (χ0) is 17.8. The summed E-state index contributed by atoms with van der Waals surface area (Å²) in [5.41, 5.74) is 0.324. The van der Waals surface area contributed by atoms with Crippen LogP contribution < -0.4 is 19.5 Å². The summed E-state index contributed by atoms with van der Waals surface area (Å²) in [5, 5.41) is 13.9. The highest BCUT2D eigenvalue weighted by Gasteiger charge is 2.26. The highest BCUT2D eigenvalue weighted by Crippen LogP contribution is 2.36. The molecule has 0 unspecified atom stereocenters. The summed E-state index contributed by atoms with van der Waals surface area (Å²) in [4.78, 5) is 27.1. The predicted octanol–water partition coefficient (Wildman–Crippen LogP) is 1.70. The number of methoxy groups -OCH3 is 1. The van der Waals surface area contributed by atoms with Crippen LogP contribution in [0.3, 0.4) is 0 Å². The molecule has 0 aliphatic carbocycles. The van der Waals surface area contributed by atoms with E-state index in [0.29, 0.717) is 24.8 Å². The molecule has 0 saturated heterocycles. The van der Waals surface area contributed by atoms with E-state index < -0.39 is 10.8 Å². The number of aromatic nitrogens is 1. The largest absolute Gasteiger partial charge is 0.486 e. The van der Waals surface area contributed by atoms with E-state index in [4.69, 9.17) is 14.2 Å². The minimum absolute atomic E-state index is 0.0877. The third kappa shape index (κ3) is 3.60. The highest BCUT2D eigenvalue weighted by molar-refractivity contribution is 5.99. The van der Waals surface area contributed by atoms with Gasteiger partial charge >= 0.3 is 0 Å². The fourth-order valence-corrected chi connectivity index (χ4v) is 2.36. The van der Waals surface area contributed by atoms with Gasteiger partial charge in [-0.3, -0.25) is 14.9 Å². The first-order chi connectivity index (χ1) is 12.1. The van der Waals surface area contributed by atoms with Crippen molar-refractivity contribution >= 4 is 11.6 Å². The summed E-state index contributed by atoms with van der Waals surface area (Å²) in [5.74, 6) is 0.400. The van der Waals surface area contributed by atoms with Crippen LogP contribution in [0.2, 0.25) is 0 Å². The first-order valence-electron chi connectivity index (χ1n) is 7.43. The summed E-state index contributed by atoms with van der Waals surface area (Å²) < 4.78 is 15.7. The van der Waals surface area contributed by atoms with Gasteiger partial charge in [0.05, 0.1) is 18.1 Å². The number of hydrogen-bond donors (Lipinski definition) is 1. The Kier molecular flexibility index (Phi) is 4.64. The van der Waals surface area contributed by atoms with Gasteiger partial charge in [0, 0.05) is 24.9 Å². The number of fused-ring (bicyclic) bond motifs is 1. The maximum Gasteiger partial charge on any atom is 0.286 e. The summed E-state index contributed by atoms with van der Waals surface area (Å²) in [7, 11) is 1.49. The van der Waals surface area contributed by atoms with E-state index in [-0.39, 0.29) is 23.5 Å². The molecule has 0 spiro atoms. The number of ether oxygens (including phenoxy) is 3. The van der Waals surface area contributed by atoms with Crippen molar-refractivity contribution in [1.82, 2.24) is 10.3 Å². The number of nitro groups is 1. The topological polar surface area (TPSA) is 113 Å². The highest BCUT2D eigenvalue weighted by atomic mass is 16.6. The molecular formula is C16H15N3O6. The number of nitro benzene ring substituents is 1. The van der Waals surface area contributed by atoms with Crippen LogP contribution in [0.1, 0.15) is 15.9 Å². The maximum absolute atomic E-state index is 12.4. The molecule has 2 heterocycles. The Hall–Kier alpha value is -3.36. The van der Waals surface area contributed by atoms with E-state index in [1.165, 1.54) is 19.2 Å². The molecule has 0 radical (unpaired) electrons. The van der Waals surface area contributed by atoms with Gasteiger partial charge in [-0.15, -0.1) is 0 Å². The third-order valence-corrected chi connectivity index (χ3v) is 3.56. The smallest absolute Gasteiger partial charge is 0.286 e. The van der Waals surface area contributed by atoms with Gasteiger partial charge in [-0.05, 0) is 11.6 Å². The van der Waals surface area contributed by atoms with Crippen molar-refractivity contribution in [1.29, 1.82) is 0 Å². The van der Waals surface area contributed by atoms with E-state index in [1.807, 2.05) is 0 Å². The van der Waals surface area contributed by atoms with Crippen LogP contribution in [0.5, 0.6) is 17.4 Å².